The molecule has 1 aliphatic heterocycles. The first-order valence-electron chi connectivity index (χ1n) is 5.83. The molecule has 1 amide bonds. The third-order valence-electron chi connectivity index (χ3n) is 3.07. The molecule has 17 heavy (non-hydrogen) atoms. The number of aromatic nitrogens is 1. The van der Waals surface area contributed by atoms with Crippen LogP contribution < -0.4 is 10.6 Å². The predicted octanol–water partition coefficient (Wildman–Crippen LogP) is 2.17. The smallest absolute Gasteiger partial charge is 0.241 e. The third kappa shape index (κ3) is 3.04. The zero-order valence-corrected chi connectivity index (χ0v) is 11.3. The molecule has 2 heterocycles. The zero-order chi connectivity index (χ0) is 12.3. The molecule has 0 spiro atoms. The van der Waals surface area contributed by atoms with Gasteiger partial charge in [-0.1, -0.05) is 6.92 Å². The highest BCUT2D eigenvalue weighted by Crippen LogP contribution is 2.21. The van der Waals surface area contributed by atoms with Gasteiger partial charge in [0.25, 0.3) is 0 Å². The van der Waals surface area contributed by atoms with Gasteiger partial charge in [-0.2, -0.15) is 0 Å². The number of nitrogens with one attached hydrogen (secondary N) is 2. The van der Waals surface area contributed by atoms with E-state index < -0.39 is 0 Å². The van der Waals surface area contributed by atoms with E-state index in [1.54, 1.807) is 12.3 Å². The highest BCUT2D eigenvalue weighted by molar-refractivity contribution is 9.10. The Morgan fingerprint density at radius 2 is 2.47 bits per heavy atom. The van der Waals surface area contributed by atoms with Crippen LogP contribution in [0.25, 0.3) is 0 Å². The van der Waals surface area contributed by atoms with E-state index in [0.29, 0.717) is 10.5 Å². The Kier molecular flexibility index (Phi) is 4.12. The van der Waals surface area contributed by atoms with Gasteiger partial charge in [0.2, 0.25) is 5.91 Å². The lowest BCUT2D eigenvalue weighted by Gasteiger charge is -2.28. The molecule has 1 aromatic heterocycles. The maximum absolute atomic E-state index is 12.1. The Balaban J connectivity index is 2.03. The van der Waals surface area contributed by atoms with Gasteiger partial charge in [-0.15, -0.1) is 0 Å². The predicted molar refractivity (Wildman–Crippen MR) is 70.8 cm³/mol. The van der Waals surface area contributed by atoms with Gasteiger partial charge in [-0.25, -0.2) is 4.98 Å². The van der Waals surface area contributed by atoms with Crippen LogP contribution in [0, 0.1) is 5.92 Å². The number of pyridine rings is 1. The van der Waals surface area contributed by atoms with Crippen molar-refractivity contribution in [3.63, 3.8) is 0 Å². The molecule has 0 aromatic carbocycles. The number of anilines is 1. The fourth-order valence-electron chi connectivity index (χ4n) is 2.09. The van der Waals surface area contributed by atoms with Crippen molar-refractivity contribution in [3.05, 3.63) is 22.9 Å². The van der Waals surface area contributed by atoms with Crippen LogP contribution in [0.1, 0.15) is 19.8 Å². The van der Waals surface area contributed by atoms with Gasteiger partial charge in [0.15, 0.2) is 0 Å². The summed E-state index contributed by atoms with van der Waals surface area (Å²) in [6.07, 6.45) is 3.92. The number of piperidine rings is 1. The van der Waals surface area contributed by atoms with E-state index in [-0.39, 0.29) is 11.9 Å². The van der Waals surface area contributed by atoms with Crippen LogP contribution in [0.3, 0.4) is 0 Å². The van der Waals surface area contributed by atoms with Crippen molar-refractivity contribution in [2.45, 2.75) is 25.8 Å². The Morgan fingerprint density at radius 1 is 1.65 bits per heavy atom. The molecule has 4 nitrogen and oxygen atoms in total. The van der Waals surface area contributed by atoms with Crippen molar-refractivity contribution >= 4 is 27.5 Å². The highest BCUT2D eigenvalue weighted by atomic mass is 79.9. The molecule has 2 N–H and O–H groups in total. The molecular formula is C12H16BrN3O. The van der Waals surface area contributed by atoms with Gasteiger partial charge in [0, 0.05) is 6.20 Å². The van der Waals surface area contributed by atoms with Gasteiger partial charge in [0.05, 0.1) is 11.7 Å². The average Bonchev–Trinajstić information content (AvgIpc) is 2.32. The number of carbonyl (C=O) groups excluding carboxylic acids is 1. The number of amides is 1. The molecular weight excluding hydrogens is 282 g/mol. The van der Waals surface area contributed by atoms with Crippen LogP contribution in [0.5, 0.6) is 0 Å². The summed E-state index contributed by atoms with van der Waals surface area (Å²) >= 11 is 3.32. The van der Waals surface area contributed by atoms with Gasteiger partial charge >= 0.3 is 0 Å². The molecule has 5 heteroatoms. The van der Waals surface area contributed by atoms with E-state index in [9.17, 15) is 4.79 Å². The summed E-state index contributed by atoms with van der Waals surface area (Å²) in [5.74, 6) is 0.394. The summed E-state index contributed by atoms with van der Waals surface area (Å²) in [7, 11) is 0. The third-order valence-corrected chi connectivity index (χ3v) is 3.70. The van der Waals surface area contributed by atoms with Gasteiger partial charge < -0.3 is 10.6 Å². The van der Waals surface area contributed by atoms with Gasteiger partial charge in [0.1, 0.15) is 4.60 Å². The van der Waals surface area contributed by atoms with E-state index >= 15 is 0 Å². The molecule has 0 saturated carbocycles. The molecule has 1 fully saturated rings. The second kappa shape index (κ2) is 5.60. The minimum atomic E-state index is -0.101. The number of carbonyl (C=O) groups is 1. The Morgan fingerprint density at radius 3 is 3.18 bits per heavy atom. The molecule has 2 rings (SSSR count). The average molecular weight is 298 g/mol. The fourth-order valence-corrected chi connectivity index (χ4v) is 2.44. The lowest BCUT2D eigenvalue weighted by Crippen LogP contribution is -2.48. The minimum absolute atomic E-state index is 0.0194. The second-order valence-electron chi connectivity index (χ2n) is 4.38. The summed E-state index contributed by atoms with van der Waals surface area (Å²) in [5, 5.41) is 6.16. The lowest BCUT2D eigenvalue weighted by molar-refractivity contribution is -0.119. The first kappa shape index (κ1) is 12.5. The van der Waals surface area contributed by atoms with Gasteiger partial charge in [-0.3, -0.25) is 4.79 Å². The van der Waals surface area contributed by atoms with Crippen LogP contribution >= 0.6 is 15.9 Å². The molecule has 1 aliphatic rings. The Labute approximate surface area is 109 Å². The van der Waals surface area contributed by atoms with Crippen molar-refractivity contribution in [3.8, 4) is 0 Å². The van der Waals surface area contributed by atoms with Crippen molar-refractivity contribution in [1.29, 1.82) is 0 Å². The number of nitrogens with zero attached hydrogens (tertiary/aromatic N) is 1. The minimum Gasteiger partial charge on any atom is -0.322 e. The largest absolute Gasteiger partial charge is 0.322 e. The van der Waals surface area contributed by atoms with Gasteiger partial charge in [-0.05, 0) is 53.4 Å². The summed E-state index contributed by atoms with van der Waals surface area (Å²) < 4.78 is 0.664. The first-order valence-corrected chi connectivity index (χ1v) is 6.62. The Bertz CT molecular complexity index is 410. The summed E-state index contributed by atoms with van der Waals surface area (Å²) in [6, 6.07) is 3.54. The second-order valence-corrected chi connectivity index (χ2v) is 5.13. The van der Waals surface area contributed by atoms with E-state index in [1.807, 2.05) is 6.07 Å². The number of hydrogen-bond acceptors (Lipinski definition) is 3. The molecule has 0 radical (unpaired) electrons. The zero-order valence-electron chi connectivity index (χ0n) is 9.74. The summed E-state index contributed by atoms with van der Waals surface area (Å²) in [6.45, 7) is 3.02. The SMILES string of the molecule is CC1CCCNC1C(=O)Nc1cccnc1Br. The maximum Gasteiger partial charge on any atom is 0.241 e. The van der Waals surface area contributed by atoms with Crippen molar-refractivity contribution in [2.24, 2.45) is 5.92 Å². The molecule has 1 saturated heterocycles. The molecule has 92 valence electrons. The summed E-state index contributed by atoms with van der Waals surface area (Å²) in [4.78, 5) is 16.2. The molecule has 0 bridgehead atoms. The number of rotatable bonds is 2. The summed E-state index contributed by atoms with van der Waals surface area (Å²) in [5.41, 5.74) is 0.720. The first-order chi connectivity index (χ1) is 8.18. The van der Waals surface area contributed by atoms with Crippen LogP contribution in [-0.4, -0.2) is 23.5 Å². The standard InChI is InChI=1S/C12H16BrN3O/c1-8-4-2-6-14-10(8)12(17)16-9-5-3-7-15-11(9)13/h3,5,7-8,10,14H,2,4,6H2,1H3,(H,16,17). The van der Waals surface area contributed by atoms with Crippen LogP contribution in [0.15, 0.2) is 22.9 Å². The van der Waals surface area contributed by atoms with E-state index in [1.165, 1.54) is 0 Å². The van der Waals surface area contributed by atoms with Crippen LogP contribution in [-0.2, 0) is 4.79 Å². The molecule has 2 unspecified atom stereocenters. The number of hydrogen-bond donors (Lipinski definition) is 2. The topological polar surface area (TPSA) is 54.0 Å². The fraction of sp³-hybridized carbons (Fsp3) is 0.500. The highest BCUT2D eigenvalue weighted by Gasteiger charge is 2.27. The quantitative estimate of drug-likeness (QED) is 0.823. The van der Waals surface area contributed by atoms with Crippen molar-refractivity contribution < 1.29 is 4.79 Å². The number of halogens is 1. The van der Waals surface area contributed by atoms with Crippen molar-refractivity contribution in [1.82, 2.24) is 10.3 Å². The monoisotopic (exact) mass is 297 g/mol. The molecule has 0 aliphatic carbocycles. The lowest BCUT2D eigenvalue weighted by atomic mass is 9.92. The maximum atomic E-state index is 12.1. The van der Waals surface area contributed by atoms with Crippen LogP contribution in [0.4, 0.5) is 5.69 Å². The van der Waals surface area contributed by atoms with E-state index in [4.69, 9.17) is 0 Å². The Hall–Kier alpha value is -0.940. The van der Waals surface area contributed by atoms with Crippen LogP contribution in [0.2, 0.25) is 0 Å². The molecule has 1 aromatic rings. The molecule has 2 atom stereocenters. The van der Waals surface area contributed by atoms with E-state index in [2.05, 4.69) is 38.5 Å². The van der Waals surface area contributed by atoms with Crippen molar-refractivity contribution in [2.75, 3.05) is 11.9 Å². The normalized spacial score (nSPS) is 24.4. The van der Waals surface area contributed by atoms with E-state index in [0.717, 1.165) is 25.1 Å².